The highest BCUT2D eigenvalue weighted by Gasteiger charge is 2.21. The van der Waals surface area contributed by atoms with Crippen molar-refractivity contribution in [3.8, 4) is 0 Å². The molecule has 0 spiro atoms. The summed E-state index contributed by atoms with van der Waals surface area (Å²) in [7, 11) is 0. The first-order valence-corrected chi connectivity index (χ1v) is 9.17. The summed E-state index contributed by atoms with van der Waals surface area (Å²) < 4.78 is 0.782. The van der Waals surface area contributed by atoms with E-state index >= 15 is 0 Å². The van der Waals surface area contributed by atoms with Crippen LogP contribution in [0, 0.1) is 6.92 Å². The molecule has 0 aliphatic rings. The summed E-state index contributed by atoms with van der Waals surface area (Å²) in [4.78, 5) is 32.3. The molecular formula is C17H17N3O2S2. The Hall–Kier alpha value is -2.12. The molecule has 2 heterocycles. The first-order chi connectivity index (χ1) is 11.5. The molecule has 0 aliphatic heterocycles. The fraction of sp³-hybridized carbons (Fsp3) is 0.235. The van der Waals surface area contributed by atoms with Gasteiger partial charge in [0.1, 0.15) is 0 Å². The van der Waals surface area contributed by atoms with E-state index in [1.165, 1.54) is 23.1 Å². The quantitative estimate of drug-likeness (QED) is 0.522. The van der Waals surface area contributed by atoms with Gasteiger partial charge in [-0.05, 0) is 19.9 Å². The highest BCUT2D eigenvalue weighted by atomic mass is 32.2. The third-order valence-corrected chi connectivity index (χ3v) is 6.06. The summed E-state index contributed by atoms with van der Waals surface area (Å²) in [5.41, 5.74) is 7.69. The van der Waals surface area contributed by atoms with Crippen LogP contribution < -0.4 is 5.73 Å². The number of hydrogen-bond acceptors (Lipinski definition) is 5. The van der Waals surface area contributed by atoms with Gasteiger partial charge in [-0.15, -0.1) is 11.3 Å². The number of amides is 1. The van der Waals surface area contributed by atoms with E-state index in [1.54, 1.807) is 6.20 Å². The average Bonchev–Trinajstić information content (AvgIpc) is 3.10. The van der Waals surface area contributed by atoms with Crippen LogP contribution in [0.3, 0.4) is 0 Å². The lowest BCUT2D eigenvalue weighted by Gasteiger charge is -2.07. The van der Waals surface area contributed by atoms with Gasteiger partial charge in [0.05, 0.1) is 17.4 Å². The molecule has 2 aromatic heterocycles. The van der Waals surface area contributed by atoms with Crippen LogP contribution >= 0.6 is 23.1 Å². The zero-order chi connectivity index (χ0) is 17.3. The van der Waals surface area contributed by atoms with Gasteiger partial charge in [0, 0.05) is 27.5 Å². The Morgan fingerprint density at radius 2 is 2.12 bits per heavy atom. The number of primary amides is 1. The molecule has 1 amide bonds. The number of thioether (sulfide) groups is 1. The third-order valence-electron chi connectivity index (χ3n) is 3.71. The first-order valence-electron chi connectivity index (χ1n) is 7.47. The summed E-state index contributed by atoms with van der Waals surface area (Å²) in [5, 5.41) is 0.663. The van der Waals surface area contributed by atoms with Gasteiger partial charge in [0.15, 0.2) is 10.1 Å². The number of nitrogens with one attached hydrogen (secondary N) is 1. The minimum absolute atomic E-state index is 0.0572. The molecule has 1 aromatic carbocycles. The minimum atomic E-state index is -0.374. The Morgan fingerprint density at radius 3 is 2.88 bits per heavy atom. The topological polar surface area (TPSA) is 88.8 Å². The first kappa shape index (κ1) is 16.7. The highest BCUT2D eigenvalue weighted by molar-refractivity contribution is 8.02. The van der Waals surface area contributed by atoms with Crippen LogP contribution in [0.5, 0.6) is 0 Å². The van der Waals surface area contributed by atoms with Crippen LogP contribution in [0.4, 0.5) is 0 Å². The molecule has 3 aromatic rings. The molecule has 0 saturated heterocycles. The summed E-state index contributed by atoms with van der Waals surface area (Å²) >= 11 is 2.84. The minimum Gasteiger partial charge on any atom is -0.369 e. The van der Waals surface area contributed by atoms with E-state index in [0.29, 0.717) is 5.56 Å². The van der Waals surface area contributed by atoms with Crippen LogP contribution in [-0.4, -0.2) is 26.9 Å². The van der Waals surface area contributed by atoms with Crippen molar-refractivity contribution in [3.05, 3.63) is 46.6 Å². The van der Waals surface area contributed by atoms with E-state index in [4.69, 9.17) is 5.73 Å². The fourth-order valence-corrected chi connectivity index (χ4v) is 4.93. The van der Waals surface area contributed by atoms with Crippen molar-refractivity contribution in [2.24, 2.45) is 5.73 Å². The lowest BCUT2D eigenvalue weighted by molar-refractivity contribution is -0.117. The molecule has 0 saturated carbocycles. The van der Waals surface area contributed by atoms with E-state index in [2.05, 4.69) is 9.97 Å². The Bertz CT molecular complexity index is 914. The van der Waals surface area contributed by atoms with E-state index in [9.17, 15) is 9.59 Å². The van der Waals surface area contributed by atoms with Crippen LogP contribution in [0.25, 0.3) is 10.9 Å². The Balaban J connectivity index is 1.78. The van der Waals surface area contributed by atoms with Crippen LogP contribution in [0.15, 0.2) is 34.8 Å². The molecule has 0 bridgehead atoms. The zero-order valence-corrected chi connectivity index (χ0v) is 15.0. The second-order valence-electron chi connectivity index (χ2n) is 5.50. The maximum Gasteiger partial charge on any atom is 0.222 e. The number of nitrogens with two attached hydrogens (primary N) is 1. The predicted octanol–water partition coefficient (Wildman–Crippen LogP) is 3.32. The number of nitrogens with zero attached hydrogens (tertiary/aromatic N) is 1. The van der Waals surface area contributed by atoms with E-state index < -0.39 is 0 Å². The smallest absolute Gasteiger partial charge is 0.222 e. The summed E-state index contributed by atoms with van der Waals surface area (Å²) in [6.45, 7) is 3.73. The number of rotatable bonds is 6. The maximum atomic E-state index is 12.8. The highest BCUT2D eigenvalue weighted by Crippen LogP contribution is 2.32. The maximum absolute atomic E-state index is 12.8. The van der Waals surface area contributed by atoms with Crippen molar-refractivity contribution in [1.29, 1.82) is 0 Å². The summed E-state index contributed by atoms with van der Waals surface area (Å²) in [6, 6.07) is 7.74. The SMILES string of the molecule is Cc1nc(S[C@@H](C)C(=O)c2c[nH]c3ccccc23)sc1CC(N)=O. The van der Waals surface area contributed by atoms with Crippen molar-refractivity contribution < 1.29 is 9.59 Å². The van der Waals surface area contributed by atoms with Gasteiger partial charge in [-0.3, -0.25) is 9.59 Å². The molecule has 24 heavy (non-hydrogen) atoms. The molecule has 3 rings (SSSR count). The van der Waals surface area contributed by atoms with Gasteiger partial charge in [0.25, 0.3) is 0 Å². The van der Waals surface area contributed by atoms with Gasteiger partial charge < -0.3 is 10.7 Å². The van der Waals surface area contributed by atoms with Crippen molar-refractivity contribution in [2.75, 3.05) is 0 Å². The third kappa shape index (κ3) is 3.37. The molecule has 0 radical (unpaired) electrons. The molecule has 124 valence electrons. The standard InChI is InChI=1S/C17H17N3O2S2/c1-9-14(7-15(18)21)24-17(20-9)23-10(2)16(22)12-8-19-13-6-4-3-5-11(12)13/h3-6,8,10,19H,7H2,1-2H3,(H2,18,21)/t10-/m0/s1. The number of fused-ring (bicyclic) bond motifs is 1. The normalized spacial score (nSPS) is 12.4. The van der Waals surface area contributed by atoms with E-state index in [-0.39, 0.29) is 23.4 Å². The van der Waals surface area contributed by atoms with Crippen LogP contribution in [0.1, 0.15) is 27.9 Å². The Kier molecular flexibility index (Phi) is 4.73. The van der Waals surface area contributed by atoms with Crippen LogP contribution in [-0.2, 0) is 11.2 Å². The lowest BCUT2D eigenvalue weighted by atomic mass is 10.1. The van der Waals surface area contributed by atoms with Gasteiger partial charge in [-0.25, -0.2) is 4.98 Å². The average molecular weight is 359 g/mol. The van der Waals surface area contributed by atoms with Crippen molar-refractivity contribution in [2.45, 2.75) is 29.9 Å². The number of hydrogen-bond donors (Lipinski definition) is 2. The fourth-order valence-electron chi connectivity index (χ4n) is 2.47. The number of aromatic nitrogens is 2. The molecule has 0 unspecified atom stereocenters. The summed E-state index contributed by atoms with van der Waals surface area (Å²) in [6.07, 6.45) is 1.95. The number of carbonyl (C=O) groups is 2. The van der Waals surface area contributed by atoms with Gasteiger partial charge >= 0.3 is 0 Å². The van der Waals surface area contributed by atoms with Gasteiger partial charge in [-0.1, -0.05) is 30.0 Å². The number of Topliss-reactive ketones (excluding diaryl/α,β-unsaturated/α-hetero) is 1. The van der Waals surface area contributed by atoms with Gasteiger partial charge in [0.2, 0.25) is 5.91 Å². The number of carbonyl (C=O) groups excluding carboxylic acids is 2. The number of para-hydroxylation sites is 1. The Morgan fingerprint density at radius 1 is 1.38 bits per heavy atom. The number of ketones is 1. The predicted molar refractivity (Wildman–Crippen MR) is 97.7 cm³/mol. The molecule has 7 heteroatoms. The number of benzene rings is 1. The molecule has 5 nitrogen and oxygen atoms in total. The Labute approximate surface area is 147 Å². The lowest BCUT2D eigenvalue weighted by Crippen LogP contribution is -2.13. The van der Waals surface area contributed by atoms with Crippen molar-refractivity contribution in [3.63, 3.8) is 0 Å². The number of aryl methyl sites for hydroxylation is 1. The number of H-pyrrole nitrogens is 1. The molecular weight excluding hydrogens is 342 g/mol. The summed E-state index contributed by atoms with van der Waals surface area (Å²) in [5.74, 6) is -0.317. The molecule has 1 atom stereocenters. The monoisotopic (exact) mass is 359 g/mol. The zero-order valence-electron chi connectivity index (χ0n) is 13.3. The largest absolute Gasteiger partial charge is 0.369 e. The molecule has 0 aliphatic carbocycles. The molecule has 0 fully saturated rings. The van der Waals surface area contributed by atoms with Gasteiger partial charge in [-0.2, -0.15) is 0 Å². The van der Waals surface area contributed by atoms with E-state index in [0.717, 1.165) is 25.8 Å². The van der Waals surface area contributed by atoms with E-state index in [1.807, 2.05) is 38.1 Å². The number of aromatic amines is 1. The second kappa shape index (κ2) is 6.78. The van der Waals surface area contributed by atoms with Crippen molar-refractivity contribution >= 4 is 45.7 Å². The molecule has 3 N–H and O–H groups in total. The number of thiazole rings is 1. The van der Waals surface area contributed by atoms with Crippen molar-refractivity contribution in [1.82, 2.24) is 9.97 Å². The van der Waals surface area contributed by atoms with Crippen LogP contribution in [0.2, 0.25) is 0 Å². The second-order valence-corrected chi connectivity index (χ2v) is 8.18.